The van der Waals surface area contributed by atoms with Gasteiger partial charge in [0, 0.05) is 16.8 Å². The van der Waals surface area contributed by atoms with Crippen LogP contribution in [0.5, 0.6) is 0 Å². The van der Waals surface area contributed by atoms with Crippen molar-refractivity contribution in [2.24, 2.45) is 5.84 Å². The molecule has 1 heterocycles. The van der Waals surface area contributed by atoms with Crippen molar-refractivity contribution in [1.29, 1.82) is 0 Å². The normalized spacial score (nSPS) is 11.2. The second-order valence-electron chi connectivity index (χ2n) is 5.35. The van der Waals surface area contributed by atoms with Gasteiger partial charge in [-0.15, -0.1) is 0 Å². The minimum atomic E-state index is -0.179. The van der Waals surface area contributed by atoms with Gasteiger partial charge in [0.15, 0.2) is 0 Å². The van der Waals surface area contributed by atoms with Crippen molar-refractivity contribution in [3.8, 4) is 0 Å². The Morgan fingerprint density at radius 1 is 1.30 bits per heavy atom. The van der Waals surface area contributed by atoms with E-state index >= 15 is 0 Å². The molecule has 4 N–H and O–H groups in total. The van der Waals surface area contributed by atoms with Crippen LogP contribution in [0.1, 0.15) is 63.0 Å². The van der Waals surface area contributed by atoms with E-state index in [1.165, 1.54) is 0 Å². The summed E-state index contributed by atoms with van der Waals surface area (Å²) in [5.74, 6) is 5.87. The number of pyridine rings is 1. The summed E-state index contributed by atoms with van der Waals surface area (Å²) < 4.78 is 0. The molecule has 0 radical (unpaired) electrons. The second kappa shape index (κ2) is 7.24. The minimum absolute atomic E-state index is 0.0764. The number of carbonyl (C=O) groups excluding carboxylic acids is 1. The molecule has 1 aromatic heterocycles. The molecule has 1 amide bonds. The van der Waals surface area contributed by atoms with Crippen molar-refractivity contribution in [2.45, 2.75) is 58.9 Å². The van der Waals surface area contributed by atoms with Crippen molar-refractivity contribution in [3.63, 3.8) is 0 Å². The van der Waals surface area contributed by atoms with Crippen LogP contribution < -0.4 is 16.6 Å². The summed E-state index contributed by atoms with van der Waals surface area (Å²) >= 11 is 0. The monoisotopic (exact) mass is 278 g/mol. The summed E-state index contributed by atoms with van der Waals surface area (Å²) in [4.78, 5) is 16.7. The molecule has 0 aliphatic carbocycles. The molecule has 1 rings (SSSR count). The number of amides is 1. The molecule has 0 fully saturated rings. The zero-order chi connectivity index (χ0) is 15.2. The number of aromatic nitrogens is 1. The van der Waals surface area contributed by atoms with Gasteiger partial charge in [-0.3, -0.25) is 4.79 Å². The van der Waals surface area contributed by atoms with Gasteiger partial charge < -0.3 is 10.7 Å². The quantitative estimate of drug-likeness (QED) is 0.529. The SMILES string of the molecule is CCCc1cc(C(=O)NC(C)(CC)CC)cc(NN)n1. The maximum atomic E-state index is 12.4. The number of carbonyl (C=O) groups is 1. The van der Waals surface area contributed by atoms with Crippen molar-refractivity contribution < 1.29 is 4.79 Å². The van der Waals surface area contributed by atoms with Gasteiger partial charge in [0.1, 0.15) is 5.82 Å². The number of anilines is 1. The largest absolute Gasteiger partial charge is 0.347 e. The molecular weight excluding hydrogens is 252 g/mol. The highest BCUT2D eigenvalue weighted by atomic mass is 16.1. The van der Waals surface area contributed by atoms with Gasteiger partial charge in [-0.25, -0.2) is 10.8 Å². The van der Waals surface area contributed by atoms with E-state index in [4.69, 9.17) is 5.84 Å². The van der Waals surface area contributed by atoms with Crippen molar-refractivity contribution in [1.82, 2.24) is 10.3 Å². The van der Waals surface area contributed by atoms with Crippen molar-refractivity contribution in [3.05, 3.63) is 23.4 Å². The summed E-state index contributed by atoms with van der Waals surface area (Å²) in [5, 5.41) is 3.09. The summed E-state index contributed by atoms with van der Waals surface area (Å²) in [6, 6.07) is 3.52. The summed E-state index contributed by atoms with van der Waals surface area (Å²) in [6.45, 7) is 8.29. The third kappa shape index (κ3) is 4.20. The number of hydrogen-bond acceptors (Lipinski definition) is 4. The summed E-state index contributed by atoms with van der Waals surface area (Å²) in [7, 11) is 0. The molecule has 0 saturated heterocycles. The minimum Gasteiger partial charge on any atom is -0.347 e. The molecule has 5 nitrogen and oxygen atoms in total. The highest BCUT2D eigenvalue weighted by Gasteiger charge is 2.23. The Morgan fingerprint density at radius 3 is 2.45 bits per heavy atom. The van der Waals surface area contributed by atoms with Gasteiger partial charge in [0.25, 0.3) is 5.91 Å². The van der Waals surface area contributed by atoms with Gasteiger partial charge in [-0.2, -0.15) is 0 Å². The molecule has 0 aliphatic rings. The van der Waals surface area contributed by atoms with E-state index in [9.17, 15) is 4.79 Å². The van der Waals surface area contributed by atoms with Crippen molar-refractivity contribution in [2.75, 3.05) is 5.43 Å². The van der Waals surface area contributed by atoms with Crippen molar-refractivity contribution >= 4 is 11.7 Å². The van der Waals surface area contributed by atoms with Crippen LogP contribution in [-0.4, -0.2) is 16.4 Å². The van der Waals surface area contributed by atoms with Gasteiger partial charge in [-0.05, 0) is 38.3 Å². The molecular formula is C15H26N4O. The molecule has 20 heavy (non-hydrogen) atoms. The van der Waals surface area contributed by atoms with Crippen LogP contribution >= 0.6 is 0 Å². The van der Waals surface area contributed by atoms with Crippen LogP contribution in [0.25, 0.3) is 0 Å². The first-order chi connectivity index (χ1) is 9.47. The first kappa shape index (κ1) is 16.4. The zero-order valence-corrected chi connectivity index (χ0v) is 12.9. The first-order valence-electron chi connectivity index (χ1n) is 7.28. The molecule has 0 bridgehead atoms. The van der Waals surface area contributed by atoms with E-state index in [0.717, 1.165) is 31.4 Å². The maximum Gasteiger partial charge on any atom is 0.251 e. The fourth-order valence-electron chi connectivity index (χ4n) is 1.95. The van der Waals surface area contributed by atoms with Crippen LogP contribution in [0.15, 0.2) is 12.1 Å². The summed E-state index contributed by atoms with van der Waals surface area (Å²) in [6.07, 6.45) is 3.59. The van der Waals surface area contributed by atoms with E-state index in [-0.39, 0.29) is 11.4 Å². The number of nitrogens with two attached hydrogens (primary N) is 1. The standard InChI is InChI=1S/C15H26N4O/c1-5-8-12-9-11(10-13(17-12)19-16)14(20)18-15(4,6-2)7-3/h9-10H,5-8,16H2,1-4H3,(H,17,19)(H,18,20). The van der Waals surface area contributed by atoms with Crippen LogP contribution in [0.2, 0.25) is 0 Å². The smallest absolute Gasteiger partial charge is 0.251 e. The lowest BCUT2D eigenvalue weighted by Crippen LogP contribution is -2.45. The Labute approximate surface area is 121 Å². The number of aryl methyl sites for hydroxylation is 1. The predicted molar refractivity (Wildman–Crippen MR) is 82.5 cm³/mol. The van der Waals surface area contributed by atoms with E-state index < -0.39 is 0 Å². The molecule has 0 aromatic carbocycles. The maximum absolute atomic E-state index is 12.4. The van der Waals surface area contributed by atoms with Gasteiger partial charge in [-0.1, -0.05) is 27.2 Å². The lowest BCUT2D eigenvalue weighted by Gasteiger charge is -2.28. The van der Waals surface area contributed by atoms with E-state index in [1.807, 2.05) is 6.07 Å². The van der Waals surface area contributed by atoms with Crippen LogP contribution in [0, 0.1) is 0 Å². The molecule has 0 atom stereocenters. The number of hydrazine groups is 1. The third-order valence-corrected chi connectivity index (χ3v) is 3.77. The fourth-order valence-corrected chi connectivity index (χ4v) is 1.95. The highest BCUT2D eigenvalue weighted by molar-refractivity contribution is 5.95. The molecule has 0 unspecified atom stereocenters. The molecule has 0 aliphatic heterocycles. The number of hydrogen-bond donors (Lipinski definition) is 3. The summed E-state index contributed by atoms with van der Waals surface area (Å²) in [5.41, 5.74) is 3.82. The van der Waals surface area contributed by atoms with Crippen LogP contribution in [0.4, 0.5) is 5.82 Å². The molecule has 0 saturated carbocycles. The lowest BCUT2D eigenvalue weighted by atomic mass is 9.95. The Balaban J connectivity index is 2.99. The predicted octanol–water partition coefficient (Wildman–Crippen LogP) is 2.63. The molecule has 5 heteroatoms. The van der Waals surface area contributed by atoms with Crippen LogP contribution in [0.3, 0.4) is 0 Å². The number of nitrogens with zero attached hydrogens (tertiary/aromatic N) is 1. The Morgan fingerprint density at radius 2 is 1.95 bits per heavy atom. The van der Waals surface area contributed by atoms with Gasteiger partial charge in [0.2, 0.25) is 0 Å². The zero-order valence-electron chi connectivity index (χ0n) is 12.9. The number of nitrogens with one attached hydrogen (secondary N) is 2. The van der Waals surface area contributed by atoms with Crippen LogP contribution in [-0.2, 0) is 6.42 Å². The molecule has 0 spiro atoms. The average Bonchev–Trinajstić information content (AvgIpc) is 2.47. The first-order valence-corrected chi connectivity index (χ1v) is 7.28. The number of rotatable bonds is 7. The van der Waals surface area contributed by atoms with E-state index in [1.54, 1.807) is 6.07 Å². The average molecular weight is 278 g/mol. The van der Waals surface area contributed by atoms with E-state index in [2.05, 4.69) is 43.4 Å². The Bertz CT molecular complexity index is 455. The fraction of sp³-hybridized carbons (Fsp3) is 0.600. The highest BCUT2D eigenvalue weighted by Crippen LogP contribution is 2.17. The Hall–Kier alpha value is -1.62. The molecule has 1 aromatic rings. The van der Waals surface area contributed by atoms with E-state index in [0.29, 0.717) is 11.4 Å². The number of nitrogen functional groups attached to an aromatic ring is 1. The second-order valence-corrected chi connectivity index (χ2v) is 5.35. The van der Waals surface area contributed by atoms with Gasteiger partial charge in [0.05, 0.1) is 0 Å². The lowest BCUT2D eigenvalue weighted by molar-refractivity contribution is 0.0901. The topological polar surface area (TPSA) is 80.0 Å². The van der Waals surface area contributed by atoms with Gasteiger partial charge >= 0.3 is 0 Å². The third-order valence-electron chi connectivity index (χ3n) is 3.77. The molecule has 112 valence electrons. The Kier molecular flexibility index (Phi) is 5.95.